The molecule has 0 saturated carbocycles. The van der Waals surface area contributed by atoms with E-state index >= 15 is 0 Å². The molecule has 3 fully saturated rings. The molecule has 5 heteroatoms. The number of carbonyl (C=O) groups excluding carboxylic acids is 1. The summed E-state index contributed by atoms with van der Waals surface area (Å²) in [6, 6.07) is 5.54. The SMILES string of the molecule is O=C(c1ccccn1)N1C[C@H]2COC[C@@]2(CN2CCCCC2)C1. The van der Waals surface area contributed by atoms with Gasteiger partial charge in [-0.1, -0.05) is 12.5 Å². The zero-order chi connectivity index (χ0) is 15.7. The monoisotopic (exact) mass is 315 g/mol. The van der Waals surface area contributed by atoms with Gasteiger partial charge in [0, 0.05) is 37.2 Å². The second-order valence-electron chi connectivity index (χ2n) is 7.31. The molecule has 124 valence electrons. The summed E-state index contributed by atoms with van der Waals surface area (Å²) < 4.78 is 5.81. The van der Waals surface area contributed by atoms with Crippen LogP contribution in [0.5, 0.6) is 0 Å². The Morgan fingerprint density at radius 1 is 1.30 bits per heavy atom. The number of hydrogen-bond donors (Lipinski definition) is 0. The van der Waals surface area contributed by atoms with Gasteiger partial charge in [0.25, 0.3) is 5.91 Å². The molecule has 1 aromatic rings. The van der Waals surface area contributed by atoms with Crippen molar-refractivity contribution in [3.05, 3.63) is 30.1 Å². The molecule has 0 aromatic carbocycles. The fourth-order valence-electron chi connectivity index (χ4n) is 4.42. The highest BCUT2D eigenvalue weighted by atomic mass is 16.5. The van der Waals surface area contributed by atoms with Crippen LogP contribution in [-0.4, -0.2) is 66.6 Å². The standard InChI is InChI=1S/C18H25N3O2/c22-17(16-6-2-3-7-19-16)21-10-15-11-23-14-18(15,13-21)12-20-8-4-1-5-9-20/h2-3,6-7,15H,1,4-5,8-14H2/t15-,18+/m0/s1. The third kappa shape index (κ3) is 2.88. The second kappa shape index (κ2) is 6.21. The number of nitrogens with zero attached hydrogens (tertiary/aromatic N) is 3. The summed E-state index contributed by atoms with van der Waals surface area (Å²) in [5.74, 6) is 0.537. The van der Waals surface area contributed by atoms with Crippen LogP contribution < -0.4 is 0 Å². The van der Waals surface area contributed by atoms with E-state index in [4.69, 9.17) is 4.74 Å². The molecule has 0 bridgehead atoms. The average molecular weight is 315 g/mol. The molecular formula is C18H25N3O2. The first-order valence-corrected chi connectivity index (χ1v) is 8.77. The topological polar surface area (TPSA) is 45.7 Å². The molecule has 4 heterocycles. The van der Waals surface area contributed by atoms with Gasteiger partial charge in [-0.2, -0.15) is 0 Å². The van der Waals surface area contributed by atoms with E-state index in [-0.39, 0.29) is 11.3 Å². The largest absolute Gasteiger partial charge is 0.380 e. The lowest BCUT2D eigenvalue weighted by molar-refractivity contribution is 0.0650. The van der Waals surface area contributed by atoms with Crippen LogP contribution in [0.25, 0.3) is 0 Å². The third-order valence-corrected chi connectivity index (χ3v) is 5.68. The van der Waals surface area contributed by atoms with Gasteiger partial charge in [-0.05, 0) is 38.1 Å². The van der Waals surface area contributed by atoms with E-state index in [1.165, 1.54) is 32.4 Å². The maximum Gasteiger partial charge on any atom is 0.272 e. The number of ether oxygens (including phenoxy) is 1. The van der Waals surface area contributed by atoms with Gasteiger partial charge in [0.15, 0.2) is 0 Å². The molecular weight excluding hydrogens is 290 g/mol. The summed E-state index contributed by atoms with van der Waals surface area (Å²) >= 11 is 0. The maximum atomic E-state index is 12.7. The maximum absolute atomic E-state index is 12.7. The van der Waals surface area contributed by atoms with Crippen molar-refractivity contribution in [2.24, 2.45) is 11.3 Å². The molecule has 0 N–H and O–H groups in total. The lowest BCUT2D eigenvalue weighted by atomic mass is 9.80. The number of aromatic nitrogens is 1. The Morgan fingerprint density at radius 2 is 2.17 bits per heavy atom. The van der Waals surface area contributed by atoms with Crippen LogP contribution in [0, 0.1) is 11.3 Å². The van der Waals surface area contributed by atoms with Crippen LogP contribution in [0.3, 0.4) is 0 Å². The Balaban J connectivity index is 1.48. The second-order valence-corrected chi connectivity index (χ2v) is 7.31. The Labute approximate surface area is 137 Å². The van der Waals surface area contributed by atoms with Crippen molar-refractivity contribution in [1.82, 2.24) is 14.8 Å². The Morgan fingerprint density at radius 3 is 2.96 bits per heavy atom. The predicted octanol–water partition coefficient (Wildman–Crippen LogP) is 1.66. The molecule has 4 rings (SSSR count). The summed E-state index contributed by atoms with van der Waals surface area (Å²) in [6.07, 6.45) is 5.65. The number of carbonyl (C=O) groups is 1. The molecule has 0 spiro atoms. The van der Waals surface area contributed by atoms with E-state index in [0.29, 0.717) is 11.6 Å². The van der Waals surface area contributed by atoms with E-state index < -0.39 is 0 Å². The van der Waals surface area contributed by atoms with Gasteiger partial charge >= 0.3 is 0 Å². The Hall–Kier alpha value is -1.46. The van der Waals surface area contributed by atoms with Crippen molar-refractivity contribution >= 4 is 5.91 Å². The fourth-order valence-corrected chi connectivity index (χ4v) is 4.42. The van der Waals surface area contributed by atoms with Crippen molar-refractivity contribution in [3.8, 4) is 0 Å². The van der Waals surface area contributed by atoms with Gasteiger partial charge in [0.1, 0.15) is 5.69 Å². The molecule has 0 unspecified atom stereocenters. The van der Waals surface area contributed by atoms with Crippen molar-refractivity contribution in [1.29, 1.82) is 0 Å². The van der Waals surface area contributed by atoms with Crippen LogP contribution in [-0.2, 0) is 4.74 Å². The smallest absolute Gasteiger partial charge is 0.272 e. The number of amides is 1. The van der Waals surface area contributed by atoms with Crippen LogP contribution in [0.15, 0.2) is 24.4 Å². The lowest BCUT2D eigenvalue weighted by Crippen LogP contribution is -2.45. The van der Waals surface area contributed by atoms with E-state index in [2.05, 4.69) is 9.88 Å². The number of piperidine rings is 1. The van der Waals surface area contributed by atoms with Gasteiger partial charge in [0.05, 0.1) is 13.2 Å². The third-order valence-electron chi connectivity index (χ3n) is 5.68. The zero-order valence-corrected chi connectivity index (χ0v) is 13.6. The molecule has 2 atom stereocenters. The summed E-state index contributed by atoms with van der Waals surface area (Å²) in [6.45, 7) is 6.67. The molecule has 1 aromatic heterocycles. The summed E-state index contributed by atoms with van der Waals surface area (Å²) in [5.41, 5.74) is 0.684. The highest BCUT2D eigenvalue weighted by Crippen LogP contribution is 2.42. The number of likely N-dealkylation sites (tertiary alicyclic amines) is 2. The highest BCUT2D eigenvalue weighted by Gasteiger charge is 2.52. The summed E-state index contributed by atoms with van der Waals surface area (Å²) in [4.78, 5) is 21.5. The minimum atomic E-state index is 0.0676. The lowest BCUT2D eigenvalue weighted by Gasteiger charge is -2.36. The van der Waals surface area contributed by atoms with E-state index in [1.807, 2.05) is 23.1 Å². The number of rotatable bonds is 3. The van der Waals surface area contributed by atoms with Crippen LogP contribution in [0.1, 0.15) is 29.8 Å². The van der Waals surface area contributed by atoms with Crippen molar-refractivity contribution in [3.63, 3.8) is 0 Å². The zero-order valence-electron chi connectivity index (χ0n) is 13.6. The van der Waals surface area contributed by atoms with Gasteiger partial charge in [-0.25, -0.2) is 0 Å². The van der Waals surface area contributed by atoms with Crippen molar-refractivity contribution < 1.29 is 9.53 Å². The molecule has 3 aliphatic heterocycles. The van der Waals surface area contributed by atoms with Gasteiger partial charge in [-0.3, -0.25) is 9.78 Å². The van der Waals surface area contributed by atoms with Crippen molar-refractivity contribution in [2.75, 3.05) is 45.9 Å². The molecule has 0 aliphatic carbocycles. The van der Waals surface area contributed by atoms with E-state index in [1.54, 1.807) is 6.20 Å². The quantitative estimate of drug-likeness (QED) is 0.851. The minimum Gasteiger partial charge on any atom is -0.380 e. The fraction of sp³-hybridized carbons (Fsp3) is 0.667. The molecule has 5 nitrogen and oxygen atoms in total. The van der Waals surface area contributed by atoms with E-state index in [0.717, 1.165) is 32.8 Å². The van der Waals surface area contributed by atoms with Crippen LogP contribution in [0.4, 0.5) is 0 Å². The van der Waals surface area contributed by atoms with Crippen LogP contribution in [0.2, 0.25) is 0 Å². The Kier molecular flexibility index (Phi) is 4.07. The number of pyridine rings is 1. The average Bonchev–Trinajstić information content (AvgIpc) is 3.12. The van der Waals surface area contributed by atoms with Gasteiger partial charge < -0.3 is 14.5 Å². The van der Waals surface area contributed by atoms with Gasteiger partial charge in [0.2, 0.25) is 0 Å². The van der Waals surface area contributed by atoms with Gasteiger partial charge in [-0.15, -0.1) is 0 Å². The number of hydrogen-bond acceptors (Lipinski definition) is 4. The van der Waals surface area contributed by atoms with Crippen molar-refractivity contribution in [2.45, 2.75) is 19.3 Å². The first-order chi connectivity index (χ1) is 11.3. The summed E-state index contributed by atoms with van der Waals surface area (Å²) in [5, 5.41) is 0. The normalized spacial score (nSPS) is 31.3. The first-order valence-electron chi connectivity index (χ1n) is 8.77. The minimum absolute atomic E-state index is 0.0676. The molecule has 1 amide bonds. The summed E-state index contributed by atoms with van der Waals surface area (Å²) in [7, 11) is 0. The first kappa shape index (κ1) is 15.1. The van der Waals surface area contributed by atoms with Crippen LogP contribution >= 0.6 is 0 Å². The Bertz CT molecular complexity index is 559. The van der Waals surface area contributed by atoms with E-state index in [9.17, 15) is 4.79 Å². The highest BCUT2D eigenvalue weighted by molar-refractivity contribution is 5.92. The number of fused-ring (bicyclic) bond motifs is 1. The molecule has 23 heavy (non-hydrogen) atoms. The molecule has 3 aliphatic rings. The molecule has 3 saturated heterocycles. The molecule has 0 radical (unpaired) electrons. The predicted molar refractivity (Wildman–Crippen MR) is 87.2 cm³/mol.